The average Bonchev–Trinajstić information content (AvgIpc) is 2.85. The monoisotopic (exact) mass is 508 g/mol. The highest BCUT2D eigenvalue weighted by molar-refractivity contribution is 6.30. The van der Waals surface area contributed by atoms with Gasteiger partial charge in [-0.2, -0.15) is 0 Å². The molecule has 0 saturated carbocycles. The van der Waals surface area contributed by atoms with Crippen LogP contribution in [0.2, 0.25) is 5.02 Å². The number of methoxy groups -OCH3 is 1. The molecule has 3 rings (SSSR count). The van der Waals surface area contributed by atoms with Gasteiger partial charge in [0.2, 0.25) is 5.91 Å². The number of carbonyl (C=O) groups excluding carboxylic acids is 2. The van der Waals surface area contributed by atoms with Crippen LogP contribution in [0.25, 0.3) is 0 Å². The van der Waals surface area contributed by atoms with Crippen molar-refractivity contribution in [3.63, 3.8) is 0 Å². The Balaban J connectivity index is 1.90. The number of benzene rings is 3. The molecule has 0 spiro atoms. The summed E-state index contributed by atoms with van der Waals surface area (Å²) in [5.74, 6) is 0.707. The van der Waals surface area contributed by atoms with Crippen LogP contribution in [-0.4, -0.2) is 42.0 Å². The van der Waals surface area contributed by atoms with Gasteiger partial charge < -0.3 is 19.7 Å². The van der Waals surface area contributed by atoms with E-state index in [0.717, 1.165) is 11.1 Å². The summed E-state index contributed by atoms with van der Waals surface area (Å²) in [6.07, 6.45) is 0.366. The van der Waals surface area contributed by atoms with Gasteiger partial charge in [0.1, 0.15) is 17.5 Å². The number of hydrogen-bond donors (Lipinski definition) is 1. The van der Waals surface area contributed by atoms with E-state index >= 15 is 0 Å². The van der Waals surface area contributed by atoms with Crippen LogP contribution in [0.15, 0.2) is 78.9 Å². The van der Waals surface area contributed by atoms with E-state index in [1.807, 2.05) is 63.2 Å². The Morgan fingerprint density at radius 3 is 2.08 bits per heavy atom. The van der Waals surface area contributed by atoms with Crippen molar-refractivity contribution in [2.45, 2.75) is 45.3 Å². The lowest BCUT2D eigenvalue weighted by Gasteiger charge is -2.33. The maximum atomic E-state index is 13.6. The molecule has 0 aliphatic rings. The van der Waals surface area contributed by atoms with Gasteiger partial charge in [0.25, 0.3) is 5.91 Å². The van der Waals surface area contributed by atoms with Crippen LogP contribution in [0.4, 0.5) is 0 Å². The molecule has 0 aliphatic carbocycles. The number of amides is 2. The van der Waals surface area contributed by atoms with Crippen LogP contribution < -0.4 is 14.8 Å². The summed E-state index contributed by atoms with van der Waals surface area (Å²) < 4.78 is 11.0. The maximum Gasteiger partial charge on any atom is 0.261 e. The minimum atomic E-state index is -0.741. The van der Waals surface area contributed by atoms with E-state index in [-0.39, 0.29) is 25.0 Å². The maximum absolute atomic E-state index is 13.6. The molecule has 3 aromatic carbocycles. The fourth-order valence-electron chi connectivity index (χ4n) is 3.69. The second-order valence-corrected chi connectivity index (χ2v) is 9.99. The van der Waals surface area contributed by atoms with Crippen molar-refractivity contribution < 1.29 is 19.1 Å². The lowest BCUT2D eigenvalue weighted by molar-refractivity contribution is -0.143. The van der Waals surface area contributed by atoms with Crippen LogP contribution in [-0.2, 0) is 22.6 Å². The Morgan fingerprint density at radius 1 is 0.889 bits per heavy atom. The first-order valence-corrected chi connectivity index (χ1v) is 12.2. The van der Waals surface area contributed by atoms with E-state index in [1.165, 1.54) is 0 Å². The molecule has 36 heavy (non-hydrogen) atoms. The van der Waals surface area contributed by atoms with Gasteiger partial charge >= 0.3 is 0 Å². The van der Waals surface area contributed by atoms with E-state index < -0.39 is 11.6 Å². The fourth-order valence-corrected chi connectivity index (χ4v) is 3.82. The average molecular weight is 509 g/mol. The van der Waals surface area contributed by atoms with Crippen LogP contribution in [0.1, 0.15) is 31.9 Å². The summed E-state index contributed by atoms with van der Waals surface area (Å²) in [6, 6.07) is 23.2. The number of hydrogen-bond acceptors (Lipinski definition) is 4. The summed E-state index contributed by atoms with van der Waals surface area (Å²) in [5, 5.41) is 3.65. The number of nitrogens with zero attached hydrogens (tertiary/aromatic N) is 1. The molecule has 0 aromatic heterocycles. The molecular formula is C29H33ClN2O4. The summed E-state index contributed by atoms with van der Waals surface area (Å²) in [4.78, 5) is 28.7. The highest BCUT2D eigenvalue weighted by Gasteiger charge is 2.32. The standard InChI is InChI=1S/C29H33ClN2O4/c1-29(2,3)31-28(34)26(18-21-8-6-5-7-9-21)32(19-22-10-12-23(30)13-11-22)27(33)20-36-25-16-14-24(35-4)15-17-25/h5-17,26H,18-20H2,1-4H3,(H,31,34). The van der Waals surface area contributed by atoms with Crippen molar-refractivity contribution in [2.75, 3.05) is 13.7 Å². The van der Waals surface area contributed by atoms with Crippen molar-refractivity contribution in [3.8, 4) is 11.5 Å². The van der Waals surface area contributed by atoms with Crippen LogP contribution in [0.3, 0.4) is 0 Å². The largest absolute Gasteiger partial charge is 0.497 e. The van der Waals surface area contributed by atoms with Crippen molar-refractivity contribution in [2.24, 2.45) is 0 Å². The van der Waals surface area contributed by atoms with E-state index in [4.69, 9.17) is 21.1 Å². The predicted octanol–water partition coefficient (Wildman–Crippen LogP) is 5.28. The first-order valence-electron chi connectivity index (χ1n) is 11.8. The Hall–Kier alpha value is -3.51. The van der Waals surface area contributed by atoms with E-state index in [9.17, 15) is 9.59 Å². The van der Waals surface area contributed by atoms with Gasteiger partial charge in [-0.1, -0.05) is 54.1 Å². The van der Waals surface area contributed by atoms with E-state index in [2.05, 4.69) is 5.32 Å². The predicted molar refractivity (Wildman–Crippen MR) is 142 cm³/mol. The Morgan fingerprint density at radius 2 is 1.50 bits per heavy atom. The molecule has 0 aliphatic heterocycles. The van der Waals surface area contributed by atoms with Crippen LogP contribution in [0, 0.1) is 0 Å². The third-order valence-electron chi connectivity index (χ3n) is 5.46. The number of ether oxygens (including phenoxy) is 2. The number of rotatable bonds is 10. The molecule has 0 heterocycles. The normalized spacial score (nSPS) is 11.9. The Kier molecular flexibility index (Phi) is 9.37. The van der Waals surface area contributed by atoms with Crippen molar-refractivity contribution in [3.05, 3.63) is 95.0 Å². The smallest absolute Gasteiger partial charge is 0.261 e. The zero-order valence-electron chi connectivity index (χ0n) is 21.2. The summed E-state index contributed by atoms with van der Waals surface area (Å²) in [7, 11) is 1.59. The molecule has 1 unspecified atom stereocenters. The van der Waals surface area contributed by atoms with Crippen molar-refractivity contribution in [1.29, 1.82) is 0 Å². The Labute approximate surface area is 218 Å². The lowest BCUT2D eigenvalue weighted by atomic mass is 10.0. The molecule has 2 amide bonds. The summed E-state index contributed by atoms with van der Waals surface area (Å²) >= 11 is 6.07. The molecule has 190 valence electrons. The summed E-state index contributed by atoms with van der Waals surface area (Å²) in [5.41, 5.74) is 1.36. The minimum absolute atomic E-state index is 0.214. The first-order chi connectivity index (χ1) is 17.1. The van der Waals surface area contributed by atoms with Crippen molar-refractivity contribution >= 4 is 23.4 Å². The van der Waals surface area contributed by atoms with Gasteiger partial charge in [0, 0.05) is 23.5 Å². The molecule has 7 heteroatoms. The van der Waals surface area contributed by atoms with Gasteiger partial charge in [-0.25, -0.2) is 0 Å². The molecule has 0 bridgehead atoms. The SMILES string of the molecule is COc1ccc(OCC(=O)N(Cc2ccc(Cl)cc2)C(Cc2ccccc2)C(=O)NC(C)(C)C)cc1. The molecule has 0 saturated heterocycles. The molecule has 1 N–H and O–H groups in total. The fraction of sp³-hybridized carbons (Fsp3) is 0.310. The highest BCUT2D eigenvalue weighted by Crippen LogP contribution is 2.20. The third-order valence-corrected chi connectivity index (χ3v) is 5.71. The van der Waals surface area contributed by atoms with Crippen molar-refractivity contribution in [1.82, 2.24) is 10.2 Å². The zero-order valence-corrected chi connectivity index (χ0v) is 21.9. The summed E-state index contributed by atoms with van der Waals surface area (Å²) in [6.45, 7) is 5.78. The molecule has 0 fully saturated rings. The number of carbonyl (C=O) groups is 2. The number of halogens is 1. The van der Waals surface area contributed by atoms with Gasteiger partial charge in [-0.05, 0) is 68.3 Å². The molecule has 6 nitrogen and oxygen atoms in total. The molecule has 3 aromatic rings. The second-order valence-electron chi connectivity index (χ2n) is 9.56. The minimum Gasteiger partial charge on any atom is -0.497 e. The zero-order chi connectivity index (χ0) is 26.1. The second kappa shape index (κ2) is 12.5. The third kappa shape index (κ3) is 8.31. The first kappa shape index (κ1) is 27.1. The lowest BCUT2D eigenvalue weighted by Crippen LogP contribution is -2.55. The van der Waals surface area contributed by atoms with Crippen LogP contribution >= 0.6 is 11.6 Å². The van der Waals surface area contributed by atoms with Gasteiger partial charge in [0.15, 0.2) is 6.61 Å². The Bertz CT molecular complexity index is 1130. The molecule has 1 atom stereocenters. The van der Waals surface area contributed by atoms with E-state index in [1.54, 1.807) is 48.4 Å². The van der Waals surface area contributed by atoms with E-state index in [0.29, 0.717) is 22.9 Å². The van der Waals surface area contributed by atoms with Crippen LogP contribution in [0.5, 0.6) is 11.5 Å². The molecule has 0 radical (unpaired) electrons. The quantitative estimate of drug-likeness (QED) is 0.404. The number of nitrogens with one attached hydrogen (secondary N) is 1. The topological polar surface area (TPSA) is 67.9 Å². The van der Waals surface area contributed by atoms with Gasteiger partial charge in [0.05, 0.1) is 7.11 Å². The van der Waals surface area contributed by atoms with Gasteiger partial charge in [-0.15, -0.1) is 0 Å². The molecular weight excluding hydrogens is 476 g/mol. The highest BCUT2D eigenvalue weighted by atomic mass is 35.5. The van der Waals surface area contributed by atoms with Gasteiger partial charge in [-0.3, -0.25) is 9.59 Å².